The van der Waals surface area contributed by atoms with Crippen LogP contribution in [0.1, 0.15) is 108 Å². The van der Waals surface area contributed by atoms with Gasteiger partial charge in [0.2, 0.25) is 47.3 Å². The summed E-state index contributed by atoms with van der Waals surface area (Å²) in [6.07, 6.45) is 3.52. The fraction of sp³-hybridized carbons (Fsp3) is 0.564. The molecular weight excluding hydrogens is 1020 g/mol. The van der Waals surface area contributed by atoms with E-state index in [1.165, 1.54) is 6.92 Å². The highest BCUT2D eigenvalue weighted by Crippen LogP contribution is 2.23. The predicted molar refractivity (Wildman–Crippen MR) is 297 cm³/mol. The van der Waals surface area contributed by atoms with Crippen LogP contribution in [0.15, 0.2) is 65.8 Å². The standard InChI is InChI=1S/C55H82N14O10/c1-3-4-18-42(63-34(2)70)49(74)66-44-23-22-37(71)16-12-26-59-25-11-10-20-41(48(73)60-28-24-56)64-52(77)46(30-36-32-62-40-19-9-8-17-39(36)40)67-50(75)43(21-13-27-61-55(57)58)65-51(76)45(29-35-14-6-5-7-15-35)68-53(78)47-31-38(72)33-69(47)54(44)79/h5-9,14-15,17,19,32,38,41-47,59,62,72H,3-4,10-13,16,18,20-31,33,56H2,1-2H3,(H,60,73)(H,63,70)(H,64,77)(H,65,76)(H,66,74)(H,67,75)(H,68,78)(H4,57,58,61)/t38-,41+,42+,43+,44+,45-,46+,47+/m1/s1. The van der Waals surface area contributed by atoms with Crippen molar-refractivity contribution in [2.45, 2.75) is 159 Å². The molecule has 3 aromatic rings. The Morgan fingerprint density at radius 3 is 2.23 bits per heavy atom. The first-order valence-corrected chi connectivity index (χ1v) is 27.6. The number of guanidine groups is 1. The van der Waals surface area contributed by atoms with Gasteiger partial charge in [0, 0.05) is 82.3 Å². The molecule has 2 aliphatic rings. The summed E-state index contributed by atoms with van der Waals surface area (Å²) in [5.74, 6) is -5.78. The number of nitrogens with two attached hydrogens (primary N) is 3. The minimum absolute atomic E-state index is 0.0335. The molecule has 24 heteroatoms. The number of aliphatic hydroxyl groups excluding tert-OH is 1. The molecule has 0 unspecified atom stereocenters. The number of aromatic nitrogens is 1. The van der Waals surface area contributed by atoms with Crippen LogP contribution in [-0.4, -0.2) is 162 Å². The van der Waals surface area contributed by atoms with Gasteiger partial charge in [-0.15, -0.1) is 0 Å². The molecule has 2 fully saturated rings. The summed E-state index contributed by atoms with van der Waals surface area (Å²) in [7, 11) is 0. The van der Waals surface area contributed by atoms with Gasteiger partial charge in [0.05, 0.1) is 6.10 Å². The zero-order valence-corrected chi connectivity index (χ0v) is 45.5. The third-order valence-electron chi connectivity index (χ3n) is 13.9. The normalized spacial score (nSPS) is 23.2. The maximum atomic E-state index is 14.8. The summed E-state index contributed by atoms with van der Waals surface area (Å²) < 4.78 is 0. The van der Waals surface area contributed by atoms with Gasteiger partial charge in [-0.25, -0.2) is 0 Å². The Balaban J connectivity index is 1.53. The Hall–Kier alpha value is -7.44. The summed E-state index contributed by atoms with van der Waals surface area (Å²) >= 11 is 0. The summed E-state index contributed by atoms with van der Waals surface area (Å²) in [4.78, 5) is 135. The topological polar surface area (TPSA) is 380 Å². The van der Waals surface area contributed by atoms with Gasteiger partial charge >= 0.3 is 0 Å². The number of nitrogens with one attached hydrogen (secondary N) is 9. The smallest absolute Gasteiger partial charge is 0.245 e. The predicted octanol–water partition coefficient (Wildman–Crippen LogP) is -0.935. The van der Waals surface area contributed by atoms with Crippen LogP contribution in [0.5, 0.6) is 0 Å². The Labute approximate surface area is 461 Å². The van der Waals surface area contributed by atoms with Crippen LogP contribution in [0.3, 0.4) is 0 Å². The lowest BCUT2D eigenvalue weighted by Crippen LogP contribution is -2.60. The molecule has 1 aromatic heterocycles. The van der Waals surface area contributed by atoms with E-state index >= 15 is 0 Å². The lowest BCUT2D eigenvalue weighted by Gasteiger charge is -2.31. The molecule has 0 radical (unpaired) electrons. The van der Waals surface area contributed by atoms with Crippen LogP contribution in [0.25, 0.3) is 10.9 Å². The van der Waals surface area contributed by atoms with Crippen molar-refractivity contribution in [3.8, 4) is 0 Å². The highest BCUT2D eigenvalue weighted by Gasteiger charge is 2.43. The van der Waals surface area contributed by atoms with Crippen LogP contribution in [-0.2, 0) is 56.0 Å². The lowest BCUT2D eigenvalue weighted by atomic mass is 10.0. The SMILES string of the molecule is CCCC[C@H](NC(C)=O)C(=O)N[C@H]1CCC(=O)CCCNCCCC[C@@H](C(=O)NCCN)NC(=O)[C@H](Cc2c[nH]c3ccccc23)NC(=O)[C@H](CCCN=C(N)N)NC(=O)[C@@H](Cc2ccccc2)NC(=O)[C@@H]2C[C@@H](O)CN2C1=O. The second kappa shape index (κ2) is 32.5. The van der Waals surface area contributed by atoms with E-state index in [1.807, 2.05) is 31.2 Å². The number of amides is 8. The molecule has 0 saturated carbocycles. The third kappa shape index (κ3) is 20.4. The first kappa shape index (κ1) is 62.4. The minimum Gasteiger partial charge on any atom is -0.391 e. The van der Waals surface area contributed by atoms with E-state index in [9.17, 15) is 48.3 Å². The highest BCUT2D eigenvalue weighted by atomic mass is 16.3. The van der Waals surface area contributed by atoms with E-state index in [4.69, 9.17) is 17.2 Å². The number of nitrogens with zero attached hydrogens (tertiary/aromatic N) is 2. The number of aliphatic imine (C=N–C) groups is 1. The fourth-order valence-corrected chi connectivity index (χ4v) is 9.76. The van der Waals surface area contributed by atoms with Gasteiger partial charge < -0.3 is 74.7 Å². The molecule has 0 bridgehead atoms. The number of ketones is 1. The molecule has 2 saturated heterocycles. The van der Waals surface area contributed by atoms with Gasteiger partial charge in [0.25, 0.3) is 0 Å². The Kier molecular flexibility index (Phi) is 25.6. The second-order valence-electron chi connectivity index (χ2n) is 20.3. The number of fused-ring (bicyclic) bond motifs is 2. The summed E-state index contributed by atoms with van der Waals surface area (Å²) in [6, 6.07) is 7.40. The monoisotopic (exact) mass is 1100 g/mol. The zero-order valence-electron chi connectivity index (χ0n) is 45.5. The molecule has 432 valence electrons. The van der Waals surface area contributed by atoms with Gasteiger partial charge in [-0.05, 0) is 81.6 Å². The molecule has 79 heavy (non-hydrogen) atoms. The van der Waals surface area contributed by atoms with Crippen molar-refractivity contribution in [3.05, 3.63) is 71.9 Å². The number of hydrogen-bond acceptors (Lipinski definition) is 13. The Bertz CT molecular complexity index is 2560. The van der Waals surface area contributed by atoms with Crippen molar-refractivity contribution in [1.29, 1.82) is 0 Å². The number of Topliss-reactive ketones (excluding diaryl/α,β-unsaturated/α-hetero) is 1. The summed E-state index contributed by atoms with van der Waals surface area (Å²) in [6.45, 7) is 4.24. The molecule has 5 rings (SSSR count). The summed E-state index contributed by atoms with van der Waals surface area (Å²) in [5.41, 5.74) is 19.0. The first-order chi connectivity index (χ1) is 38.0. The van der Waals surface area contributed by atoms with E-state index in [1.54, 1.807) is 36.5 Å². The molecule has 2 aliphatic heterocycles. The molecular formula is C55H82N14O10. The van der Waals surface area contributed by atoms with E-state index in [0.717, 1.165) is 15.8 Å². The molecule has 8 amide bonds. The van der Waals surface area contributed by atoms with E-state index in [0.29, 0.717) is 56.3 Å². The fourth-order valence-electron chi connectivity index (χ4n) is 9.76. The molecule has 0 aliphatic carbocycles. The van der Waals surface area contributed by atoms with Crippen molar-refractivity contribution < 1.29 is 48.3 Å². The maximum absolute atomic E-state index is 14.8. The van der Waals surface area contributed by atoms with Gasteiger partial charge in [0.15, 0.2) is 5.96 Å². The zero-order chi connectivity index (χ0) is 57.3. The molecule has 24 nitrogen and oxygen atoms in total. The Morgan fingerprint density at radius 2 is 1.49 bits per heavy atom. The molecule has 2 aromatic carbocycles. The van der Waals surface area contributed by atoms with Crippen LogP contribution >= 0.6 is 0 Å². The van der Waals surface area contributed by atoms with E-state index in [-0.39, 0.29) is 102 Å². The maximum Gasteiger partial charge on any atom is 0.245 e. The number of H-pyrrole nitrogens is 1. The van der Waals surface area contributed by atoms with Crippen molar-refractivity contribution in [1.82, 2.24) is 52.4 Å². The second-order valence-corrected chi connectivity index (χ2v) is 20.3. The number of unbranched alkanes of at least 4 members (excludes halogenated alkanes) is 1. The molecule has 3 heterocycles. The Morgan fingerprint density at radius 1 is 0.810 bits per heavy atom. The van der Waals surface area contributed by atoms with Crippen LogP contribution in [0.2, 0.25) is 0 Å². The number of rotatable bonds is 17. The number of benzene rings is 2. The number of aliphatic hydroxyl groups is 1. The average molecular weight is 1100 g/mol. The number of para-hydroxylation sites is 1. The highest BCUT2D eigenvalue weighted by molar-refractivity contribution is 5.98. The quantitative estimate of drug-likeness (QED) is 0.0441. The van der Waals surface area contributed by atoms with Crippen molar-refractivity contribution >= 4 is 69.9 Å². The van der Waals surface area contributed by atoms with Gasteiger partial charge in [-0.3, -0.25) is 48.1 Å². The van der Waals surface area contributed by atoms with Crippen LogP contribution in [0.4, 0.5) is 0 Å². The molecule has 16 N–H and O–H groups in total. The van der Waals surface area contributed by atoms with E-state index in [2.05, 4.69) is 52.5 Å². The number of hydrogen-bond donors (Lipinski definition) is 13. The number of carbonyl (C=O) groups is 9. The van der Waals surface area contributed by atoms with Gasteiger partial charge in [-0.1, -0.05) is 68.3 Å². The lowest BCUT2D eigenvalue weighted by molar-refractivity contribution is -0.143. The minimum atomic E-state index is -1.39. The average Bonchev–Trinajstić information content (AvgIpc) is 4.09. The van der Waals surface area contributed by atoms with Crippen molar-refractivity contribution in [2.24, 2.45) is 22.2 Å². The van der Waals surface area contributed by atoms with Crippen LogP contribution in [0, 0.1) is 0 Å². The van der Waals surface area contributed by atoms with Crippen molar-refractivity contribution in [3.63, 3.8) is 0 Å². The summed E-state index contributed by atoms with van der Waals surface area (Å²) in [5, 5.41) is 34.6. The molecule has 0 spiro atoms. The molecule has 8 atom stereocenters. The number of carbonyl (C=O) groups excluding carboxylic acids is 9. The van der Waals surface area contributed by atoms with Crippen molar-refractivity contribution in [2.75, 3.05) is 39.3 Å². The van der Waals surface area contributed by atoms with Gasteiger partial charge in [-0.2, -0.15) is 0 Å². The number of aromatic amines is 1. The largest absolute Gasteiger partial charge is 0.391 e. The first-order valence-electron chi connectivity index (χ1n) is 27.6. The van der Waals surface area contributed by atoms with Crippen LogP contribution < -0.4 is 59.7 Å². The van der Waals surface area contributed by atoms with Gasteiger partial charge in [0.1, 0.15) is 48.1 Å². The van der Waals surface area contributed by atoms with E-state index < -0.39 is 95.7 Å². The third-order valence-corrected chi connectivity index (χ3v) is 13.9.